The van der Waals surface area contributed by atoms with E-state index in [1.165, 1.54) is 12.1 Å². The van der Waals surface area contributed by atoms with E-state index in [0.717, 1.165) is 28.8 Å². The third-order valence-corrected chi connectivity index (χ3v) is 6.41. The van der Waals surface area contributed by atoms with Crippen LogP contribution in [0.4, 0.5) is 13.2 Å². The Balaban J connectivity index is 1.38. The Kier molecular flexibility index (Phi) is 7.20. The lowest BCUT2D eigenvalue weighted by atomic mass is 9.88. The molecule has 1 unspecified atom stereocenters. The van der Waals surface area contributed by atoms with Gasteiger partial charge in [-0.15, -0.1) is 0 Å². The van der Waals surface area contributed by atoms with E-state index in [1.54, 1.807) is 17.0 Å². The fraction of sp³-hybridized carbons (Fsp3) is 0.207. The van der Waals surface area contributed by atoms with Crippen LogP contribution < -0.4 is 4.74 Å². The number of benzene rings is 3. The summed E-state index contributed by atoms with van der Waals surface area (Å²) >= 11 is 0. The van der Waals surface area contributed by atoms with Crippen molar-refractivity contribution < 1.29 is 27.8 Å². The van der Waals surface area contributed by atoms with Gasteiger partial charge in [0.25, 0.3) is 0 Å². The molecule has 0 bridgehead atoms. The largest absolute Gasteiger partial charge is 0.489 e. The SMILES string of the molecule is CCC(Cc1ccc(OCc2ccc(-c3ccc(C(F)(F)F)cc3)cc2)cc1)(C(=O)O)n1cccc1. The first-order valence-electron chi connectivity index (χ1n) is 11.6. The second kappa shape index (κ2) is 10.3. The molecule has 3 aromatic carbocycles. The zero-order chi connectivity index (χ0) is 25.8. The second-order valence-corrected chi connectivity index (χ2v) is 8.66. The number of halogens is 3. The first kappa shape index (κ1) is 25.1. The average Bonchev–Trinajstić information content (AvgIpc) is 3.42. The van der Waals surface area contributed by atoms with E-state index in [9.17, 15) is 23.1 Å². The van der Waals surface area contributed by atoms with Crippen LogP contribution in [0.15, 0.2) is 97.3 Å². The minimum atomic E-state index is -4.35. The Hall–Kier alpha value is -4.00. The molecule has 186 valence electrons. The first-order chi connectivity index (χ1) is 17.2. The molecule has 4 aromatic rings. The summed E-state index contributed by atoms with van der Waals surface area (Å²) in [5.74, 6) is -0.217. The lowest BCUT2D eigenvalue weighted by Gasteiger charge is -2.30. The summed E-state index contributed by atoms with van der Waals surface area (Å²) in [5.41, 5.74) is 1.60. The number of nitrogens with zero attached hydrogens (tertiary/aromatic N) is 1. The molecule has 0 spiro atoms. The Morgan fingerprint density at radius 3 is 1.86 bits per heavy atom. The minimum absolute atomic E-state index is 0.323. The van der Waals surface area contributed by atoms with E-state index >= 15 is 0 Å². The van der Waals surface area contributed by atoms with Crippen LogP contribution in [-0.2, 0) is 29.5 Å². The molecular weight excluding hydrogens is 467 g/mol. The Labute approximate surface area is 207 Å². The van der Waals surface area contributed by atoms with Crippen LogP contribution in [0.3, 0.4) is 0 Å². The minimum Gasteiger partial charge on any atom is -0.489 e. The van der Waals surface area contributed by atoms with Gasteiger partial charge in [-0.3, -0.25) is 0 Å². The second-order valence-electron chi connectivity index (χ2n) is 8.66. The molecule has 0 aliphatic heterocycles. The molecule has 36 heavy (non-hydrogen) atoms. The van der Waals surface area contributed by atoms with Crippen molar-refractivity contribution in [1.29, 1.82) is 0 Å². The molecule has 7 heteroatoms. The highest BCUT2D eigenvalue weighted by Crippen LogP contribution is 2.31. The van der Waals surface area contributed by atoms with Crippen LogP contribution in [0.1, 0.15) is 30.0 Å². The summed E-state index contributed by atoms with van der Waals surface area (Å²) in [4.78, 5) is 12.2. The molecule has 0 aliphatic rings. The summed E-state index contributed by atoms with van der Waals surface area (Å²) in [7, 11) is 0. The quantitative estimate of drug-likeness (QED) is 0.269. The van der Waals surface area contributed by atoms with Crippen LogP contribution in [0, 0.1) is 0 Å². The number of ether oxygens (including phenoxy) is 1. The summed E-state index contributed by atoms with van der Waals surface area (Å²) in [6.45, 7) is 2.19. The third kappa shape index (κ3) is 5.46. The number of carbonyl (C=O) groups is 1. The van der Waals surface area contributed by atoms with Crippen molar-refractivity contribution in [2.45, 2.75) is 38.1 Å². The normalized spacial score (nSPS) is 13.2. The molecule has 1 atom stereocenters. The van der Waals surface area contributed by atoms with Crippen LogP contribution in [0.2, 0.25) is 0 Å². The maximum absolute atomic E-state index is 12.8. The number of hydrogen-bond donors (Lipinski definition) is 1. The molecule has 0 fully saturated rings. The Morgan fingerprint density at radius 1 is 0.833 bits per heavy atom. The molecule has 4 rings (SSSR count). The fourth-order valence-electron chi connectivity index (χ4n) is 4.21. The molecule has 4 nitrogen and oxygen atoms in total. The van der Waals surface area contributed by atoms with Crippen LogP contribution in [0.5, 0.6) is 5.75 Å². The van der Waals surface area contributed by atoms with Gasteiger partial charge in [-0.1, -0.05) is 55.5 Å². The highest BCUT2D eigenvalue weighted by molar-refractivity contribution is 5.77. The van der Waals surface area contributed by atoms with Crippen molar-refractivity contribution >= 4 is 5.97 Å². The number of aliphatic carboxylic acids is 1. The van der Waals surface area contributed by atoms with Gasteiger partial charge in [0.2, 0.25) is 0 Å². The van der Waals surface area contributed by atoms with Gasteiger partial charge in [-0.2, -0.15) is 13.2 Å². The fourth-order valence-corrected chi connectivity index (χ4v) is 4.21. The van der Waals surface area contributed by atoms with Crippen LogP contribution in [0.25, 0.3) is 11.1 Å². The van der Waals surface area contributed by atoms with Gasteiger partial charge in [-0.05, 0) is 65.1 Å². The van der Waals surface area contributed by atoms with Gasteiger partial charge >= 0.3 is 12.1 Å². The molecule has 0 saturated carbocycles. The predicted octanol–water partition coefficient (Wildman–Crippen LogP) is 7.19. The number of rotatable bonds is 9. The number of hydrogen-bond acceptors (Lipinski definition) is 2. The summed E-state index contributed by atoms with van der Waals surface area (Å²) in [6, 6.07) is 23.6. The van der Waals surface area contributed by atoms with Gasteiger partial charge in [-0.25, -0.2) is 4.79 Å². The van der Waals surface area contributed by atoms with Gasteiger partial charge in [0, 0.05) is 18.8 Å². The maximum Gasteiger partial charge on any atom is 0.416 e. The van der Waals surface area contributed by atoms with Crippen molar-refractivity contribution in [3.63, 3.8) is 0 Å². The maximum atomic E-state index is 12.8. The topological polar surface area (TPSA) is 51.5 Å². The van der Waals surface area contributed by atoms with E-state index in [1.807, 2.05) is 67.6 Å². The standard InChI is InChI=1S/C29H26F3NO3/c1-2-28(27(34)35,33-17-3-4-18-33)19-21-7-15-26(16-8-21)36-20-22-5-9-23(10-6-22)24-11-13-25(14-12-24)29(30,31)32/h3-18H,2,19-20H2,1H3,(H,34,35). The van der Waals surface area contributed by atoms with Gasteiger partial charge < -0.3 is 14.4 Å². The van der Waals surface area contributed by atoms with Crippen molar-refractivity contribution in [2.24, 2.45) is 0 Å². The first-order valence-corrected chi connectivity index (χ1v) is 11.6. The number of aromatic nitrogens is 1. The van der Waals surface area contributed by atoms with Crippen molar-refractivity contribution in [1.82, 2.24) is 4.57 Å². The van der Waals surface area contributed by atoms with E-state index in [-0.39, 0.29) is 0 Å². The zero-order valence-electron chi connectivity index (χ0n) is 19.7. The monoisotopic (exact) mass is 493 g/mol. The van der Waals surface area contributed by atoms with E-state index < -0.39 is 23.2 Å². The average molecular weight is 494 g/mol. The predicted molar refractivity (Wildman–Crippen MR) is 132 cm³/mol. The number of carboxylic acids is 1. The van der Waals surface area contributed by atoms with E-state index in [4.69, 9.17) is 4.74 Å². The molecular formula is C29H26F3NO3. The molecule has 0 aliphatic carbocycles. The summed E-state index contributed by atoms with van der Waals surface area (Å²) in [5, 5.41) is 9.97. The molecule has 1 N–H and O–H groups in total. The van der Waals surface area contributed by atoms with Crippen molar-refractivity contribution in [2.75, 3.05) is 0 Å². The van der Waals surface area contributed by atoms with Crippen LogP contribution in [-0.4, -0.2) is 15.6 Å². The highest BCUT2D eigenvalue weighted by atomic mass is 19.4. The third-order valence-electron chi connectivity index (χ3n) is 6.41. The molecule has 1 heterocycles. The number of alkyl halides is 3. The van der Waals surface area contributed by atoms with Crippen molar-refractivity contribution in [3.8, 4) is 16.9 Å². The summed E-state index contributed by atoms with van der Waals surface area (Å²) in [6.07, 6.45) is -0.0112. The van der Waals surface area contributed by atoms with E-state index in [0.29, 0.717) is 30.8 Å². The van der Waals surface area contributed by atoms with Crippen molar-refractivity contribution in [3.05, 3.63) is 114 Å². The smallest absolute Gasteiger partial charge is 0.416 e. The van der Waals surface area contributed by atoms with Gasteiger partial charge in [0.1, 0.15) is 17.9 Å². The Morgan fingerprint density at radius 2 is 1.36 bits per heavy atom. The lowest BCUT2D eigenvalue weighted by Crippen LogP contribution is -2.42. The zero-order valence-corrected chi connectivity index (χ0v) is 19.7. The van der Waals surface area contributed by atoms with Gasteiger partial charge in [0.05, 0.1) is 5.56 Å². The van der Waals surface area contributed by atoms with E-state index in [2.05, 4.69) is 0 Å². The highest BCUT2D eigenvalue weighted by Gasteiger charge is 2.38. The Bertz CT molecular complexity index is 1280. The molecule has 0 amide bonds. The molecule has 1 aromatic heterocycles. The molecule has 0 radical (unpaired) electrons. The molecule has 0 saturated heterocycles. The van der Waals surface area contributed by atoms with Gasteiger partial charge in [0.15, 0.2) is 0 Å². The summed E-state index contributed by atoms with van der Waals surface area (Å²) < 4.78 is 45.9. The number of carboxylic acid groups (broad SMARTS) is 1. The lowest BCUT2D eigenvalue weighted by molar-refractivity contribution is -0.147. The van der Waals surface area contributed by atoms with Crippen LogP contribution >= 0.6 is 0 Å².